The molecule has 0 aliphatic heterocycles. The van der Waals surface area contributed by atoms with Crippen molar-refractivity contribution in [1.29, 1.82) is 0 Å². The molecule has 2 rings (SSSR count). The van der Waals surface area contributed by atoms with Gasteiger partial charge in [-0.05, 0) is 13.0 Å². The molecule has 0 N–H and O–H groups in total. The third-order valence-corrected chi connectivity index (χ3v) is 4.14. The molecule has 17 heavy (non-hydrogen) atoms. The number of thiazole rings is 1. The molecular formula is C13H15NOS2. The van der Waals surface area contributed by atoms with Crippen LogP contribution in [0.25, 0.3) is 10.6 Å². The number of hydrogen-bond donors (Lipinski definition) is 1. The first kappa shape index (κ1) is 12.6. The summed E-state index contributed by atoms with van der Waals surface area (Å²) in [6, 6.07) is 8.39. The van der Waals surface area contributed by atoms with E-state index < -0.39 is 0 Å². The number of rotatable bonds is 4. The van der Waals surface area contributed by atoms with Gasteiger partial charge in [0.15, 0.2) is 0 Å². The molecule has 0 unspecified atom stereocenters. The van der Waals surface area contributed by atoms with E-state index in [4.69, 9.17) is 4.74 Å². The molecule has 0 aliphatic carbocycles. The van der Waals surface area contributed by atoms with E-state index in [-0.39, 0.29) is 0 Å². The molecule has 0 fully saturated rings. The number of hydrogen-bond acceptors (Lipinski definition) is 4. The molecule has 1 heterocycles. The van der Waals surface area contributed by atoms with Crippen molar-refractivity contribution in [2.45, 2.75) is 19.3 Å². The molecule has 2 aromatic rings. The van der Waals surface area contributed by atoms with Crippen molar-refractivity contribution >= 4 is 24.0 Å². The first-order chi connectivity index (χ1) is 8.24. The summed E-state index contributed by atoms with van der Waals surface area (Å²) in [5.74, 6) is 0.710. The van der Waals surface area contributed by atoms with Gasteiger partial charge in [-0.1, -0.05) is 23.8 Å². The van der Waals surface area contributed by atoms with Crippen molar-refractivity contribution in [3.8, 4) is 10.6 Å². The van der Waals surface area contributed by atoms with Gasteiger partial charge >= 0.3 is 0 Å². The van der Waals surface area contributed by atoms with E-state index in [1.54, 1.807) is 18.4 Å². The van der Waals surface area contributed by atoms with Crippen molar-refractivity contribution in [1.82, 2.24) is 4.98 Å². The standard InChI is InChI=1S/C13H15NOS2/c1-9-4-3-5-10(6-9)13-14-11(7-15-2)12(8-16)17-13/h3-6,16H,7-8H2,1-2H3. The maximum atomic E-state index is 5.15. The number of aryl methyl sites for hydroxylation is 1. The van der Waals surface area contributed by atoms with Crippen LogP contribution in [0.2, 0.25) is 0 Å². The highest BCUT2D eigenvalue weighted by atomic mass is 32.1. The Morgan fingerprint density at radius 3 is 2.88 bits per heavy atom. The van der Waals surface area contributed by atoms with Crippen molar-refractivity contribution in [3.05, 3.63) is 40.4 Å². The third-order valence-electron chi connectivity index (χ3n) is 2.47. The van der Waals surface area contributed by atoms with E-state index in [9.17, 15) is 0 Å². The largest absolute Gasteiger partial charge is 0.378 e. The molecule has 0 aliphatic rings. The molecule has 4 heteroatoms. The average Bonchev–Trinajstić information content (AvgIpc) is 2.73. The van der Waals surface area contributed by atoms with Gasteiger partial charge in [0.2, 0.25) is 0 Å². The molecule has 0 radical (unpaired) electrons. The van der Waals surface area contributed by atoms with Crippen molar-refractivity contribution in [3.63, 3.8) is 0 Å². The Morgan fingerprint density at radius 2 is 2.24 bits per heavy atom. The fourth-order valence-electron chi connectivity index (χ4n) is 1.66. The first-order valence-electron chi connectivity index (χ1n) is 5.40. The Morgan fingerprint density at radius 1 is 1.41 bits per heavy atom. The average molecular weight is 265 g/mol. The minimum absolute atomic E-state index is 0.554. The van der Waals surface area contributed by atoms with Gasteiger partial charge in [0.25, 0.3) is 0 Å². The lowest BCUT2D eigenvalue weighted by molar-refractivity contribution is 0.181. The fraction of sp³-hybridized carbons (Fsp3) is 0.308. The van der Waals surface area contributed by atoms with Crippen molar-refractivity contribution in [2.24, 2.45) is 0 Å². The van der Waals surface area contributed by atoms with Gasteiger partial charge in [-0.15, -0.1) is 11.3 Å². The van der Waals surface area contributed by atoms with Crippen molar-refractivity contribution < 1.29 is 4.74 Å². The molecule has 0 bridgehead atoms. The SMILES string of the molecule is COCc1nc(-c2cccc(C)c2)sc1CS. The van der Waals surface area contributed by atoms with Gasteiger partial charge in [0.05, 0.1) is 12.3 Å². The van der Waals surface area contributed by atoms with E-state index in [0.717, 1.165) is 10.7 Å². The van der Waals surface area contributed by atoms with E-state index >= 15 is 0 Å². The summed E-state index contributed by atoms with van der Waals surface area (Å²) in [4.78, 5) is 5.81. The maximum Gasteiger partial charge on any atom is 0.124 e. The van der Waals surface area contributed by atoms with Crippen LogP contribution in [0.4, 0.5) is 0 Å². The van der Waals surface area contributed by atoms with Crippen LogP contribution in [-0.4, -0.2) is 12.1 Å². The van der Waals surface area contributed by atoms with Crippen LogP contribution in [0.5, 0.6) is 0 Å². The van der Waals surface area contributed by atoms with Crippen LogP contribution in [0.3, 0.4) is 0 Å². The fourth-order valence-corrected chi connectivity index (χ4v) is 2.96. The number of nitrogens with zero attached hydrogens (tertiary/aromatic N) is 1. The summed E-state index contributed by atoms with van der Waals surface area (Å²) in [6.07, 6.45) is 0. The normalized spacial score (nSPS) is 10.8. The van der Waals surface area contributed by atoms with Gasteiger partial charge in [-0.2, -0.15) is 12.6 Å². The topological polar surface area (TPSA) is 22.1 Å². The highest BCUT2D eigenvalue weighted by Crippen LogP contribution is 2.29. The molecule has 1 aromatic carbocycles. The Labute approximate surface area is 111 Å². The minimum Gasteiger partial charge on any atom is -0.378 e. The van der Waals surface area contributed by atoms with E-state index in [0.29, 0.717) is 12.4 Å². The number of ether oxygens (including phenoxy) is 1. The van der Waals surface area contributed by atoms with E-state index in [2.05, 4.69) is 48.8 Å². The summed E-state index contributed by atoms with van der Waals surface area (Å²) >= 11 is 6.03. The van der Waals surface area contributed by atoms with Gasteiger partial charge < -0.3 is 4.74 Å². The Balaban J connectivity index is 2.39. The van der Waals surface area contributed by atoms with Gasteiger partial charge in [-0.3, -0.25) is 0 Å². The maximum absolute atomic E-state index is 5.15. The second-order valence-corrected chi connectivity index (χ2v) is 5.25. The van der Waals surface area contributed by atoms with Crippen LogP contribution in [-0.2, 0) is 17.1 Å². The van der Waals surface area contributed by atoms with E-state index in [1.807, 2.05) is 0 Å². The highest BCUT2D eigenvalue weighted by molar-refractivity contribution is 7.79. The van der Waals surface area contributed by atoms with Crippen LogP contribution in [0, 0.1) is 6.92 Å². The zero-order valence-corrected chi connectivity index (χ0v) is 11.6. The predicted molar refractivity (Wildman–Crippen MR) is 75.7 cm³/mol. The molecule has 2 nitrogen and oxygen atoms in total. The van der Waals surface area contributed by atoms with Crippen LogP contribution < -0.4 is 0 Å². The number of benzene rings is 1. The monoisotopic (exact) mass is 265 g/mol. The van der Waals surface area contributed by atoms with E-state index in [1.165, 1.54) is 16.0 Å². The molecule has 90 valence electrons. The summed E-state index contributed by atoms with van der Waals surface area (Å²) in [5.41, 5.74) is 3.42. The second kappa shape index (κ2) is 5.67. The molecular weight excluding hydrogens is 250 g/mol. The Bertz CT molecular complexity index is 508. The molecule has 0 atom stereocenters. The zero-order valence-electron chi connectivity index (χ0n) is 9.93. The summed E-state index contributed by atoms with van der Waals surface area (Å²) in [7, 11) is 1.69. The predicted octanol–water partition coefficient (Wildman–Crippen LogP) is 3.69. The van der Waals surface area contributed by atoms with Crippen LogP contribution in [0.15, 0.2) is 24.3 Å². The molecule has 0 spiro atoms. The van der Waals surface area contributed by atoms with Gasteiger partial charge in [0.1, 0.15) is 5.01 Å². The number of aromatic nitrogens is 1. The number of thiol groups is 1. The molecule has 0 amide bonds. The van der Waals surface area contributed by atoms with Gasteiger partial charge in [0, 0.05) is 23.3 Å². The molecule has 0 saturated carbocycles. The van der Waals surface area contributed by atoms with Gasteiger partial charge in [-0.25, -0.2) is 4.98 Å². The lowest BCUT2D eigenvalue weighted by Gasteiger charge is -1.97. The Hall–Kier alpha value is -0.840. The van der Waals surface area contributed by atoms with Crippen LogP contribution >= 0.6 is 24.0 Å². The highest BCUT2D eigenvalue weighted by Gasteiger charge is 2.11. The third kappa shape index (κ3) is 2.89. The zero-order chi connectivity index (χ0) is 12.3. The summed E-state index contributed by atoms with van der Waals surface area (Å²) in [6.45, 7) is 2.64. The number of methoxy groups -OCH3 is 1. The molecule has 0 saturated heterocycles. The minimum atomic E-state index is 0.554. The lowest BCUT2D eigenvalue weighted by atomic mass is 10.1. The quantitative estimate of drug-likeness (QED) is 0.852. The second-order valence-electron chi connectivity index (χ2n) is 3.85. The molecule has 1 aromatic heterocycles. The first-order valence-corrected chi connectivity index (χ1v) is 6.85. The van der Waals surface area contributed by atoms with Crippen LogP contribution in [0.1, 0.15) is 16.1 Å². The lowest BCUT2D eigenvalue weighted by Crippen LogP contribution is -1.91. The summed E-state index contributed by atoms with van der Waals surface area (Å²) in [5, 5.41) is 1.05. The Kier molecular flexibility index (Phi) is 4.20. The van der Waals surface area contributed by atoms with Crippen molar-refractivity contribution in [2.75, 3.05) is 7.11 Å². The smallest absolute Gasteiger partial charge is 0.124 e. The summed E-state index contributed by atoms with van der Waals surface area (Å²) < 4.78 is 5.15.